The van der Waals surface area contributed by atoms with Crippen molar-refractivity contribution in [2.24, 2.45) is 0 Å². The van der Waals surface area contributed by atoms with Crippen molar-refractivity contribution in [3.05, 3.63) is 60.3 Å². The fourth-order valence-electron chi connectivity index (χ4n) is 2.19. The number of para-hydroxylation sites is 1. The first-order valence-corrected chi connectivity index (χ1v) is 6.33. The number of nitrogens with zero attached hydrogens (tertiary/aromatic N) is 1. The lowest BCUT2D eigenvalue weighted by Gasteiger charge is -2.12. The number of aromatic nitrogens is 1. The van der Waals surface area contributed by atoms with Crippen LogP contribution < -0.4 is 10.1 Å². The largest absolute Gasteiger partial charge is 0.496 e. The summed E-state index contributed by atoms with van der Waals surface area (Å²) in [6.07, 6.45) is 1.56. The minimum absolute atomic E-state index is 0.222. The topological polar surface area (TPSA) is 34.1 Å². The van der Waals surface area contributed by atoms with Gasteiger partial charge in [-0.1, -0.05) is 18.2 Å². The molecule has 1 aromatic heterocycles. The van der Waals surface area contributed by atoms with Gasteiger partial charge in [0.25, 0.3) is 0 Å². The van der Waals surface area contributed by atoms with Crippen LogP contribution in [0.5, 0.6) is 5.75 Å². The highest BCUT2D eigenvalue weighted by Crippen LogP contribution is 2.31. The van der Waals surface area contributed by atoms with Gasteiger partial charge >= 0.3 is 0 Å². The second-order valence-electron chi connectivity index (χ2n) is 4.44. The summed E-state index contributed by atoms with van der Waals surface area (Å²) in [7, 11) is 1.57. The molecule has 0 spiro atoms. The maximum Gasteiger partial charge on any atom is 0.149 e. The van der Waals surface area contributed by atoms with Crippen molar-refractivity contribution in [1.82, 2.24) is 4.98 Å². The van der Waals surface area contributed by atoms with Gasteiger partial charge in [0.2, 0.25) is 0 Å². The Hall–Kier alpha value is -2.69. The van der Waals surface area contributed by atoms with Crippen LogP contribution in [0.4, 0.5) is 20.3 Å². The number of ether oxygens (including phenoxy) is 1. The van der Waals surface area contributed by atoms with E-state index in [2.05, 4.69) is 10.3 Å². The predicted molar refractivity (Wildman–Crippen MR) is 77.9 cm³/mol. The van der Waals surface area contributed by atoms with E-state index in [4.69, 9.17) is 4.74 Å². The van der Waals surface area contributed by atoms with Gasteiger partial charge in [0.1, 0.15) is 28.9 Å². The van der Waals surface area contributed by atoms with E-state index in [9.17, 15) is 8.78 Å². The van der Waals surface area contributed by atoms with Crippen LogP contribution in [0.25, 0.3) is 10.8 Å². The summed E-state index contributed by atoms with van der Waals surface area (Å²) in [6.45, 7) is 0. The molecule has 0 aliphatic rings. The Bertz CT molecular complexity index is 785. The second-order valence-corrected chi connectivity index (χ2v) is 4.44. The first-order chi connectivity index (χ1) is 10.2. The molecule has 3 nitrogen and oxygen atoms in total. The number of benzene rings is 2. The zero-order valence-electron chi connectivity index (χ0n) is 11.2. The Kier molecular flexibility index (Phi) is 3.39. The van der Waals surface area contributed by atoms with E-state index in [1.165, 1.54) is 18.2 Å². The zero-order chi connectivity index (χ0) is 14.8. The van der Waals surface area contributed by atoms with Gasteiger partial charge in [-0.05, 0) is 24.3 Å². The highest BCUT2D eigenvalue weighted by Gasteiger charge is 2.12. The monoisotopic (exact) mass is 286 g/mol. The van der Waals surface area contributed by atoms with Crippen LogP contribution in [-0.2, 0) is 0 Å². The molecule has 106 valence electrons. The van der Waals surface area contributed by atoms with Crippen LogP contribution in [0, 0.1) is 11.6 Å². The van der Waals surface area contributed by atoms with Gasteiger partial charge in [0.05, 0.1) is 7.11 Å². The molecule has 0 bridgehead atoms. The van der Waals surface area contributed by atoms with Crippen molar-refractivity contribution in [2.75, 3.05) is 12.4 Å². The van der Waals surface area contributed by atoms with Gasteiger partial charge in [-0.25, -0.2) is 13.8 Å². The summed E-state index contributed by atoms with van der Waals surface area (Å²) >= 11 is 0. The molecule has 0 saturated carbocycles. The fourth-order valence-corrected chi connectivity index (χ4v) is 2.19. The third-order valence-electron chi connectivity index (χ3n) is 3.19. The number of anilines is 2. The predicted octanol–water partition coefficient (Wildman–Crippen LogP) is 4.27. The van der Waals surface area contributed by atoms with Crippen LogP contribution in [0.15, 0.2) is 48.7 Å². The van der Waals surface area contributed by atoms with Crippen molar-refractivity contribution >= 4 is 22.3 Å². The molecule has 1 heterocycles. The fraction of sp³-hybridized carbons (Fsp3) is 0.0625. The molecule has 0 aliphatic carbocycles. The summed E-state index contributed by atoms with van der Waals surface area (Å²) < 4.78 is 32.7. The molecule has 0 saturated heterocycles. The third kappa shape index (κ3) is 2.38. The van der Waals surface area contributed by atoms with E-state index >= 15 is 0 Å². The van der Waals surface area contributed by atoms with Gasteiger partial charge in [0.15, 0.2) is 0 Å². The molecule has 0 fully saturated rings. The normalized spacial score (nSPS) is 10.6. The van der Waals surface area contributed by atoms with Crippen molar-refractivity contribution in [1.29, 1.82) is 0 Å². The molecule has 2 aromatic carbocycles. The number of halogens is 2. The Morgan fingerprint density at radius 2 is 1.67 bits per heavy atom. The Labute approximate surface area is 120 Å². The molecule has 0 amide bonds. The molecule has 3 rings (SSSR count). The van der Waals surface area contributed by atoms with Gasteiger partial charge in [-0.15, -0.1) is 0 Å². The van der Waals surface area contributed by atoms with Gasteiger partial charge in [0, 0.05) is 17.0 Å². The Morgan fingerprint density at radius 3 is 2.38 bits per heavy atom. The van der Waals surface area contributed by atoms with Crippen LogP contribution in [0.3, 0.4) is 0 Å². The molecule has 0 radical (unpaired) electrons. The number of pyridine rings is 1. The van der Waals surface area contributed by atoms with E-state index in [1.54, 1.807) is 25.4 Å². The number of nitrogens with one attached hydrogen (secondary N) is 1. The number of hydrogen-bond acceptors (Lipinski definition) is 3. The minimum atomic E-state index is -0.670. The number of fused-ring (bicyclic) bond motifs is 1. The van der Waals surface area contributed by atoms with Crippen molar-refractivity contribution in [3.63, 3.8) is 0 Å². The molecule has 1 N–H and O–H groups in total. The van der Waals surface area contributed by atoms with E-state index in [0.717, 1.165) is 10.8 Å². The quantitative estimate of drug-likeness (QED) is 0.781. The average Bonchev–Trinajstić information content (AvgIpc) is 2.50. The average molecular weight is 286 g/mol. The van der Waals surface area contributed by atoms with Gasteiger partial charge < -0.3 is 10.1 Å². The lowest BCUT2D eigenvalue weighted by Crippen LogP contribution is -2.00. The highest BCUT2D eigenvalue weighted by molar-refractivity contribution is 5.97. The number of hydrogen-bond donors (Lipinski definition) is 1. The molecular formula is C16H12F2N2O. The lowest BCUT2D eigenvalue weighted by molar-refractivity contribution is 0.420. The van der Waals surface area contributed by atoms with Crippen LogP contribution in [-0.4, -0.2) is 12.1 Å². The summed E-state index contributed by atoms with van der Waals surface area (Å²) in [5.74, 6) is -0.296. The summed E-state index contributed by atoms with van der Waals surface area (Å²) in [5.41, 5.74) is -0.222. The molecular weight excluding hydrogens is 274 g/mol. The maximum absolute atomic E-state index is 13.7. The van der Waals surface area contributed by atoms with Gasteiger partial charge in [-0.3, -0.25) is 0 Å². The minimum Gasteiger partial charge on any atom is -0.496 e. The SMILES string of the molecule is COc1cccc2c(Nc3c(F)cccc3F)nccc12. The van der Waals surface area contributed by atoms with Crippen molar-refractivity contribution in [3.8, 4) is 5.75 Å². The Morgan fingerprint density at radius 1 is 0.952 bits per heavy atom. The summed E-state index contributed by atoms with van der Waals surface area (Å²) in [4.78, 5) is 4.16. The lowest BCUT2D eigenvalue weighted by atomic mass is 10.1. The summed E-state index contributed by atoms with van der Waals surface area (Å²) in [6, 6.07) is 10.9. The zero-order valence-corrected chi connectivity index (χ0v) is 11.2. The van der Waals surface area contributed by atoms with Crippen LogP contribution >= 0.6 is 0 Å². The molecule has 3 aromatic rings. The van der Waals surface area contributed by atoms with E-state index in [0.29, 0.717) is 11.6 Å². The van der Waals surface area contributed by atoms with E-state index < -0.39 is 11.6 Å². The molecule has 0 atom stereocenters. The second kappa shape index (κ2) is 5.36. The Balaban J connectivity index is 2.13. The number of methoxy groups -OCH3 is 1. The van der Waals surface area contributed by atoms with Crippen LogP contribution in [0.1, 0.15) is 0 Å². The van der Waals surface area contributed by atoms with E-state index in [-0.39, 0.29) is 5.69 Å². The first-order valence-electron chi connectivity index (χ1n) is 6.33. The third-order valence-corrected chi connectivity index (χ3v) is 3.19. The van der Waals surface area contributed by atoms with E-state index in [1.807, 2.05) is 12.1 Å². The molecule has 0 aliphatic heterocycles. The maximum atomic E-state index is 13.7. The molecule has 0 unspecified atom stereocenters. The van der Waals surface area contributed by atoms with Crippen LogP contribution in [0.2, 0.25) is 0 Å². The highest BCUT2D eigenvalue weighted by atomic mass is 19.1. The summed E-state index contributed by atoms with van der Waals surface area (Å²) in [5, 5.41) is 4.25. The first kappa shape index (κ1) is 13.3. The standard InChI is InChI=1S/C16H12F2N2O/c1-21-14-7-2-4-11-10(14)8-9-19-16(11)20-15-12(17)5-3-6-13(15)18/h2-9H,1H3,(H,19,20). The number of rotatable bonds is 3. The van der Waals surface area contributed by atoms with Gasteiger partial charge in [-0.2, -0.15) is 0 Å². The smallest absolute Gasteiger partial charge is 0.149 e. The molecule has 5 heteroatoms. The van der Waals surface area contributed by atoms with Crippen molar-refractivity contribution in [2.45, 2.75) is 0 Å². The molecule has 21 heavy (non-hydrogen) atoms. The van der Waals surface area contributed by atoms with Crippen molar-refractivity contribution < 1.29 is 13.5 Å².